The highest BCUT2D eigenvalue weighted by Crippen LogP contribution is 2.20. The molecule has 7 heteroatoms. The molecule has 5 nitrogen and oxygen atoms in total. The number of nitrogens with zero attached hydrogens (tertiary/aromatic N) is 2. The second-order valence-electron chi connectivity index (χ2n) is 5.46. The van der Waals surface area contributed by atoms with E-state index in [4.69, 9.17) is 21.6 Å². The maximum atomic E-state index is 13.7. The molecule has 0 N–H and O–H groups in total. The van der Waals surface area contributed by atoms with Gasteiger partial charge >= 0.3 is 5.97 Å². The number of anilines is 1. The molecule has 0 saturated heterocycles. The second-order valence-corrected chi connectivity index (χ2v) is 5.87. The van der Waals surface area contributed by atoms with E-state index in [0.717, 1.165) is 11.6 Å². The van der Waals surface area contributed by atoms with Crippen LogP contribution in [0.15, 0.2) is 42.5 Å². The zero-order valence-corrected chi connectivity index (χ0v) is 14.8. The van der Waals surface area contributed by atoms with Crippen LogP contribution in [0.5, 0.6) is 0 Å². The molecule has 2 rings (SSSR count). The van der Waals surface area contributed by atoms with E-state index >= 15 is 0 Å². The summed E-state index contributed by atoms with van der Waals surface area (Å²) < 4.78 is 18.7. The summed E-state index contributed by atoms with van der Waals surface area (Å²) in [5, 5.41) is 8.69. The molecule has 2 aromatic carbocycles. The lowest BCUT2D eigenvalue weighted by atomic mass is 10.2. The van der Waals surface area contributed by atoms with Gasteiger partial charge in [0.15, 0.2) is 6.61 Å². The maximum Gasteiger partial charge on any atom is 0.343 e. The SMILES string of the molecule is Cc1ccc(N(CCC#N)C(=O)COC(=O)c2c(F)cccc2Cl)cc1. The second kappa shape index (κ2) is 8.97. The number of aryl methyl sites for hydroxylation is 1. The summed E-state index contributed by atoms with van der Waals surface area (Å²) in [5.41, 5.74) is 1.18. The van der Waals surface area contributed by atoms with E-state index in [0.29, 0.717) is 5.69 Å². The van der Waals surface area contributed by atoms with Crippen LogP contribution in [0.3, 0.4) is 0 Å². The van der Waals surface area contributed by atoms with Gasteiger partial charge in [0.05, 0.1) is 17.5 Å². The Kier molecular flexibility index (Phi) is 6.70. The summed E-state index contributed by atoms with van der Waals surface area (Å²) in [5.74, 6) is -2.37. The van der Waals surface area contributed by atoms with Crippen molar-refractivity contribution >= 4 is 29.2 Å². The van der Waals surface area contributed by atoms with Gasteiger partial charge in [-0.2, -0.15) is 5.26 Å². The number of halogens is 2. The number of hydrogen-bond acceptors (Lipinski definition) is 4. The van der Waals surface area contributed by atoms with Crippen molar-refractivity contribution in [2.75, 3.05) is 18.1 Å². The Labute approximate surface area is 155 Å². The molecule has 0 bridgehead atoms. The molecule has 26 heavy (non-hydrogen) atoms. The molecule has 0 aliphatic rings. The predicted molar refractivity (Wildman–Crippen MR) is 95.5 cm³/mol. The van der Waals surface area contributed by atoms with Crippen molar-refractivity contribution in [1.82, 2.24) is 0 Å². The fourth-order valence-electron chi connectivity index (χ4n) is 2.25. The average Bonchev–Trinajstić information content (AvgIpc) is 2.61. The highest BCUT2D eigenvalue weighted by Gasteiger charge is 2.21. The van der Waals surface area contributed by atoms with Gasteiger partial charge in [0.1, 0.15) is 11.4 Å². The van der Waals surface area contributed by atoms with Gasteiger partial charge in [-0.05, 0) is 31.2 Å². The van der Waals surface area contributed by atoms with Crippen LogP contribution in [0.4, 0.5) is 10.1 Å². The Morgan fingerprint density at radius 2 is 1.92 bits per heavy atom. The van der Waals surface area contributed by atoms with Gasteiger partial charge in [0.25, 0.3) is 5.91 Å². The molecule has 0 heterocycles. The number of amides is 1. The van der Waals surface area contributed by atoms with E-state index in [1.54, 1.807) is 12.1 Å². The van der Waals surface area contributed by atoms with Crippen molar-refractivity contribution in [3.05, 3.63) is 64.4 Å². The number of ether oxygens (including phenoxy) is 1. The van der Waals surface area contributed by atoms with Gasteiger partial charge in [-0.25, -0.2) is 9.18 Å². The van der Waals surface area contributed by atoms with Crippen molar-refractivity contribution in [1.29, 1.82) is 5.26 Å². The monoisotopic (exact) mass is 374 g/mol. The topological polar surface area (TPSA) is 70.4 Å². The molecule has 0 aliphatic heterocycles. The van der Waals surface area contributed by atoms with Crippen LogP contribution in [0.25, 0.3) is 0 Å². The predicted octanol–water partition coefficient (Wildman–Crippen LogP) is 3.89. The molecule has 0 saturated carbocycles. The van der Waals surface area contributed by atoms with Gasteiger partial charge in [-0.3, -0.25) is 4.79 Å². The number of nitriles is 1. The third-order valence-corrected chi connectivity index (χ3v) is 3.90. The zero-order chi connectivity index (χ0) is 19.1. The van der Waals surface area contributed by atoms with E-state index in [-0.39, 0.29) is 18.0 Å². The van der Waals surface area contributed by atoms with Gasteiger partial charge in [0.2, 0.25) is 0 Å². The van der Waals surface area contributed by atoms with Crippen LogP contribution in [-0.2, 0) is 9.53 Å². The number of hydrogen-bond donors (Lipinski definition) is 0. The van der Waals surface area contributed by atoms with Crippen LogP contribution in [-0.4, -0.2) is 25.0 Å². The van der Waals surface area contributed by atoms with Crippen LogP contribution >= 0.6 is 11.6 Å². The molecule has 1 amide bonds. The summed E-state index contributed by atoms with van der Waals surface area (Å²) in [6, 6.07) is 12.9. The van der Waals surface area contributed by atoms with Gasteiger partial charge in [-0.1, -0.05) is 35.4 Å². The van der Waals surface area contributed by atoms with Crippen molar-refractivity contribution < 1.29 is 18.7 Å². The lowest BCUT2D eigenvalue weighted by Crippen LogP contribution is -2.35. The number of rotatable bonds is 6. The maximum absolute atomic E-state index is 13.7. The Morgan fingerprint density at radius 3 is 2.54 bits per heavy atom. The van der Waals surface area contributed by atoms with Gasteiger partial charge in [0, 0.05) is 12.2 Å². The molecule has 0 radical (unpaired) electrons. The van der Waals surface area contributed by atoms with Crippen LogP contribution < -0.4 is 4.90 Å². The lowest BCUT2D eigenvalue weighted by Gasteiger charge is -2.22. The minimum Gasteiger partial charge on any atom is -0.452 e. The highest BCUT2D eigenvalue weighted by molar-refractivity contribution is 6.33. The number of carbonyl (C=O) groups is 2. The first-order chi connectivity index (χ1) is 12.4. The zero-order valence-electron chi connectivity index (χ0n) is 14.0. The molecule has 0 aliphatic carbocycles. The average molecular weight is 375 g/mol. The van der Waals surface area contributed by atoms with E-state index in [1.807, 2.05) is 25.1 Å². The quantitative estimate of drug-likeness (QED) is 0.719. The molecular weight excluding hydrogens is 359 g/mol. The molecule has 0 atom stereocenters. The minimum absolute atomic E-state index is 0.0951. The molecular formula is C19H16ClFN2O3. The molecule has 134 valence electrons. The van der Waals surface area contributed by atoms with E-state index in [1.165, 1.54) is 17.0 Å². The van der Waals surface area contributed by atoms with Crippen LogP contribution in [0.2, 0.25) is 5.02 Å². The fourth-order valence-corrected chi connectivity index (χ4v) is 2.49. The van der Waals surface area contributed by atoms with Gasteiger partial charge in [-0.15, -0.1) is 0 Å². The smallest absolute Gasteiger partial charge is 0.343 e. The van der Waals surface area contributed by atoms with Crippen molar-refractivity contribution in [3.63, 3.8) is 0 Å². The molecule has 0 spiro atoms. The van der Waals surface area contributed by atoms with Crippen molar-refractivity contribution in [3.8, 4) is 6.07 Å². The Balaban J connectivity index is 2.10. The first kappa shape index (κ1) is 19.4. The molecule has 2 aromatic rings. The Hall–Kier alpha value is -2.91. The van der Waals surface area contributed by atoms with Crippen molar-refractivity contribution in [2.45, 2.75) is 13.3 Å². The van der Waals surface area contributed by atoms with Crippen LogP contribution in [0, 0.1) is 24.1 Å². The van der Waals surface area contributed by atoms with Crippen molar-refractivity contribution in [2.24, 2.45) is 0 Å². The summed E-state index contributed by atoms with van der Waals surface area (Å²) in [7, 11) is 0. The van der Waals surface area contributed by atoms with Crippen LogP contribution in [0.1, 0.15) is 22.3 Å². The minimum atomic E-state index is -1.02. The van der Waals surface area contributed by atoms with E-state index < -0.39 is 29.9 Å². The first-order valence-electron chi connectivity index (χ1n) is 7.79. The summed E-state index contributed by atoms with van der Waals surface area (Å²) >= 11 is 5.81. The number of carbonyl (C=O) groups excluding carboxylic acids is 2. The normalized spacial score (nSPS) is 10.1. The first-order valence-corrected chi connectivity index (χ1v) is 8.17. The third kappa shape index (κ3) is 4.80. The lowest BCUT2D eigenvalue weighted by molar-refractivity contribution is -0.121. The molecule has 0 fully saturated rings. The Morgan fingerprint density at radius 1 is 1.23 bits per heavy atom. The summed E-state index contributed by atoms with van der Waals surface area (Å²) in [6.07, 6.45) is 0.118. The summed E-state index contributed by atoms with van der Waals surface area (Å²) in [4.78, 5) is 25.8. The Bertz CT molecular complexity index is 827. The molecule has 0 unspecified atom stereocenters. The largest absolute Gasteiger partial charge is 0.452 e. The van der Waals surface area contributed by atoms with E-state index in [2.05, 4.69) is 0 Å². The highest BCUT2D eigenvalue weighted by atomic mass is 35.5. The summed E-state index contributed by atoms with van der Waals surface area (Å²) in [6.45, 7) is 1.46. The molecule has 0 aromatic heterocycles. The third-order valence-electron chi connectivity index (χ3n) is 3.59. The van der Waals surface area contributed by atoms with E-state index in [9.17, 15) is 14.0 Å². The standard InChI is InChI=1S/C19H16ClFN2O3/c1-13-6-8-14(9-7-13)23(11-3-10-22)17(24)12-26-19(25)18-15(20)4-2-5-16(18)21/h2,4-9H,3,11-12H2,1H3. The number of benzene rings is 2. The van der Waals surface area contributed by atoms with Gasteiger partial charge < -0.3 is 9.64 Å². The fraction of sp³-hybridized carbons (Fsp3) is 0.211. The number of esters is 1.